The van der Waals surface area contributed by atoms with Gasteiger partial charge in [-0.1, -0.05) is 41.9 Å². The van der Waals surface area contributed by atoms with Crippen LogP contribution in [-0.2, 0) is 14.3 Å². The first-order valence-electron chi connectivity index (χ1n) is 9.02. The van der Waals surface area contributed by atoms with E-state index in [9.17, 15) is 9.59 Å². The molecule has 29 heavy (non-hydrogen) atoms. The Kier molecular flexibility index (Phi) is 8.09. The fourth-order valence-electron chi connectivity index (χ4n) is 2.56. The Bertz CT molecular complexity index is 880. The van der Waals surface area contributed by atoms with Crippen molar-refractivity contribution in [3.8, 4) is 11.5 Å². The number of carbonyl (C=O) groups is 2. The summed E-state index contributed by atoms with van der Waals surface area (Å²) in [6, 6.07) is 12.2. The first kappa shape index (κ1) is 22.3. The summed E-state index contributed by atoms with van der Waals surface area (Å²) in [6.45, 7) is 2.29. The van der Waals surface area contributed by atoms with Gasteiger partial charge in [0.25, 0.3) is 5.91 Å². The number of hydrogen-bond donors (Lipinski definition) is 0. The standard InChI is InChI=1S/C22H24ClNO5/c1-5-28-21-17(23)13-15(14-18(21)27-4)11-12-19(25)29-20(22(26)24(2)3)16-9-7-6-8-10-16/h6-14,20H,5H2,1-4H3/b12-11+/t20-/m1/s1. The molecule has 2 aromatic rings. The van der Waals surface area contributed by atoms with Gasteiger partial charge in [0.15, 0.2) is 11.5 Å². The lowest BCUT2D eigenvalue weighted by Gasteiger charge is -2.20. The molecule has 2 rings (SSSR count). The molecular formula is C22H24ClNO5. The molecule has 0 saturated heterocycles. The minimum absolute atomic E-state index is 0.330. The Morgan fingerprint density at radius 3 is 2.45 bits per heavy atom. The van der Waals surface area contributed by atoms with E-state index < -0.39 is 12.1 Å². The Hall–Kier alpha value is -2.99. The molecule has 7 heteroatoms. The van der Waals surface area contributed by atoms with Crippen LogP contribution < -0.4 is 9.47 Å². The van der Waals surface area contributed by atoms with E-state index in [1.54, 1.807) is 50.5 Å². The summed E-state index contributed by atoms with van der Waals surface area (Å²) in [6.07, 6.45) is 1.75. The van der Waals surface area contributed by atoms with Gasteiger partial charge < -0.3 is 19.1 Å². The van der Waals surface area contributed by atoms with Crippen molar-refractivity contribution in [1.82, 2.24) is 4.90 Å². The van der Waals surface area contributed by atoms with Crippen molar-refractivity contribution in [2.24, 2.45) is 0 Å². The van der Waals surface area contributed by atoms with Gasteiger partial charge in [0.05, 0.1) is 18.7 Å². The highest BCUT2D eigenvalue weighted by atomic mass is 35.5. The van der Waals surface area contributed by atoms with Crippen LogP contribution in [-0.4, -0.2) is 44.6 Å². The Morgan fingerprint density at radius 1 is 1.17 bits per heavy atom. The first-order valence-corrected chi connectivity index (χ1v) is 9.40. The molecule has 1 amide bonds. The number of rotatable bonds is 8. The zero-order valence-electron chi connectivity index (χ0n) is 16.8. The van der Waals surface area contributed by atoms with Crippen molar-refractivity contribution < 1.29 is 23.8 Å². The number of carbonyl (C=O) groups excluding carboxylic acids is 2. The molecule has 0 heterocycles. The molecule has 0 unspecified atom stereocenters. The number of esters is 1. The average Bonchev–Trinajstić information content (AvgIpc) is 2.72. The van der Waals surface area contributed by atoms with Crippen LogP contribution in [0.25, 0.3) is 6.08 Å². The third-order valence-corrected chi connectivity index (χ3v) is 4.23. The summed E-state index contributed by atoms with van der Waals surface area (Å²) in [5.41, 5.74) is 1.22. The van der Waals surface area contributed by atoms with E-state index in [4.69, 9.17) is 25.8 Å². The Balaban J connectivity index is 2.20. The van der Waals surface area contributed by atoms with E-state index in [2.05, 4.69) is 0 Å². The highest BCUT2D eigenvalue weighted by Gasteiger charge is 2.25. The van der Waals surface area contributed by atoms with Crippen molar-refractivity contribution in [3.05, 3.63) is 64.7 Å². The second-order valence-corrected chi connectivity index (χ2v) is 6.67. The number of hydrogen-bond acceptors (Lipinski definition) is 5. The van der Waals surface area contributed by atoms with Crippen molar-refractivity contribution in [1.29, 1.82) is 0 Å². The summed E-state index contributed by atoms with van der Waals surface area (Å²) in [5, 5.41) is 0.365. The number of amides is 1. The molecule has 2 aromatic carbocycles. The maximum absolute atomic E-state index is 12.5. The van der Waals surface area contributed by atoms with Gasteiger partial charge in [0, 0.05) is 25.7 Å². The maximum Gasteiger partial charge on any atom is 0.331 e. The van der Waals surface area contributed by atoms with Crippen LogP contribution in [0.1, 0.15) is 24.2 Å². The highest BCUT2D eigenvalue weighted by molar-refractivity contribution is 6.32. The van der Waals surface area contributed by atoms with Gasteiger partial charge >= 0.3 is 5.97 Å². The van der Waals surface area contributed by atoms with E-state index in [-0.39, 0.29) is 5.91 Å². The molecule has 0 bridgehead atoms. The van der Waals surface area contributed by atoms with Gasteiger partial charge in [-0.25, -0.2) is 4.79 Å². The molecule has 0 aliphatic rings. The normalized spacial score (nSPS) is 11.8. The van der Waals surface area contributed by atoms with E-state index in [0.717, 1.165) is 0 Å². The molecule has 1 atom stereocenters. The number of nitrogens with zero attached hydrogens (tertiary/aromatic N) is 1. The number of methoxy groups -OCH3 is 1. The predicted octanol–water partition coefficient (Wildman–Crippen LogP) is 4.13. The van der Waals surface area contributed by atoms with E-state index in [0.29, 0.717) is 34.3 Å². The second kappa shape index (κ2) is 10.5. The molecule has 0 aliphatic carbocycles. The van der Waals surface area contributed by atoms with Crippen LogP contribution in [0.15, 0.2) is 48.5 Å². The lowest BCUT2D eigenvalue weighted by Crippen LogP contribution is -2.30. The van der Waals surface area contributed by atoms with Gasteiger partial charge in [0.2, 0.25) is 6.10 Å². The van der Waals surface area contributed by atoms with Crippen LogP contribution in [0.3, 0.4) is 0 Å². The minimum Gasteiger partial charge on any atom is -0.493 e. The van der Waals surface area contributed by atoms with Crippen molar-refractivity contribution in [2.45, 2.75) is 13.0 Å². The molecule has 154 valence electrons. The fraction of sp³-hybridized carbons (Fsp3) is 0.273. The van der Waals surface area contributed by atoms with E-state index in [1.165, 1.54) is 24.2 Å². The number of ether oxygens (including phenoxy) is 3. The quantitative estimate of drug-likeness (QED) is 0.477. The summed E-state index contributed by atoms with van der Waals surface area (Å²) in [4.78, 5) is 26.2. The molecular weight excluding hydrogens is 394 g/mol. The predicted molar refractivity (Wildman–Crippen MR) is 112 cm³/mol. The highest BCUT2D eigenvalue weighted by Crippen LogP contribution is 2.36. The van der Waals surface area contributed by atoms with Crippen LogP contribution in [0.4, 0.5) is 0 Å². The summed E-state index contributed by atoms with van der Waals surface area (Å²) in [7, 11) is 4.72. The molecule has 0 radical (unpaired) electrons. The molecule has 0 aromatic heterocycles. The molecule has 0 fully saturated rings. The average molecular weight is 418 g/mol. The van der Waals surface area contributed by atoms with Crippen molar-refractivity contribution >= 4 is 29.6 Å². The van der Waals surface area contributed by atoms with Crippen LogP contribution in [0, 0.1) is 0 Å². The van der Waals surface area contributed by atoms with Crippen LogP contribution in [0.5, 0.6) is 11.5 Å². The Labute approximate surface area is 175 Å². The fourth-order valence-corrected chi connectivity index (χ4v) is 2.84. The summed E-state index contributed by atoms with van der Waals surface area (Å²) in [5.74, 6) is -0.0869. The third-order valence-electron chi connectivity index (χ3n) is 3.95. The maximum atomic E-state index is 12.5. The first-order chi connectivity index (χ1) is 13.9. The molecule has 0 aliphatic heterocycles. The molecule has 0 spiro atoms. The third kappa shape index (κ3) is 5.99. The van der Waals surface area contributed by atoms with Gasteiger partial charge in [-0.15, -0.1) is 0 Å². The lowest BCUT2D eigenvalue weighted by atomic mass is 10.1. The van der Waals surface area contributed by atoms with Crippen molar-refractivity contribution in [3.63, 3.8) is 0 Å². The number of likely N-dealkylation sites (N-methyl/N-ethyl adjacent to an activating group) is 1. The van der Waals surface area contributed by atoms with Crippen molar-refractivity contribution in [2.75, 3.05) is 27.8 Å². The SMILES string of the molecule is CCOc1c(Cl)cc(/C=C/C(=O)O[C@@H](C(=O)N(C)C)c2ccccc2)cc1OC. The second-order valence-electron chi connectivity index (χ2n) is 6.26. The van der Waals surface area contributed by atoms with Gasteiger partial charge in [-0.2, -0.15) is 0 Å². The smallest absolute Gasteiger partial charge is 0.331 e. The van der Waals surface area contributed by atoms with E-state index in [1.807, 2.05) is 13.0 Å². The zero-order chi connectivity index (χ0) is 21.4. The van der Waals surface area contributed by atoms with E-state index >= 15 is 0 Å². The minimum atomic E-state index is -1.03. The largest absolute Gasteiger partial charge is 0.493 e. The van der Waals surface area contributed by atoms with Gasteiger partial charge in [-0.3, -0.25) is 4.79 Å². The lowest BCUT2D eigenvalue weighted by molar-refractivity contribution is -0.155. The van der Waals surface area contributed by atoms with Crippen LogP contribution >= 0.6 is 11.6 Å². The zero-order valence-corrected chi connectivity index (χ0v) is 17.6. The summed E-state index contributed by atoms with van der Waals surface area (Å²) >= 11 is 6.24. The topological polar surface area (TPSA) is 65.1 Å². The molecule has 6 nitrogen and oxygen atoms in total. The van der Waals surface area contributed by atoms with Gasteiger partial charge in [0.1, 0.15) is 0 Å². The Morgan fingerprint density at radius 2 is 1.86 bits per heavy atom. The number of benzene rings is 2. The molecule has 0 N–H and O–H groups in total. The molecule has 0 saturated carbocycles. The van der Waals surface area contributed by atoms with Crippen LogP contribution in [0.2, 0.25) is 5.02 Å². The summed E-state index contributed by atoms with van der Waals surface area (Å²) < 4.78 is 16.2. The monoisotopic (exact) mass is 417 g/mol. The number of halogens is 1. The van der Waals surface area contributed by atoms with Gasteiger partial charge in [-0.05, 0) is 30.7 Å².